The number of rotatable bonds is 5. The number of carbonyl (C=O) groups excluding carboxylic acids is 1. The first-order valence-electron chi connectivity index (χ1n) is 5.82. The lowest BCUT2D eigenvalue weighted by Gasteiger charge is -2.06. The molecule has 0 spiro atoms. The molecule has 2 aromatic carbocycles. The number of hydrogen-bond donors (Lipinski definition) is 0. The number of benzene rings is 2. The van der Waals surface area contributed by atoms with Crippen LogP contribution in [0.2, 0.25) is 0 Å². The molecule has 5 nitrogen and oxygen atoms in total. The number of carbonyl (C=O) groups is 1. The van der Waals surface area contributed by atoms with E-state index in [1.807, 2.05) is 0 Å². The van der Waals surface area contributed by atoms with Gasteiger partial charge in [-0.25, -0.2) is 4.39 Å². The molecule has 0 aromatic heterocycles. The molecule has 0 heterocycles. The van der Waals surface area contributed by atoms with Gasteiger partial charge in [0.15, 0.2) is 12.4 Å². The molecule has 108 valence electrons. The maximum absolute atomic E-state index is 13.1. The van der Waals surface area contributed by atoms with Gasteiger partial charge in [0.1, 0.15) is 11.6 Å². The van der Waals surface area contributed by atoms with Crippen LogP contribution in [0.25, 0.3) is 0 Å². The van der Waals surface area contributed by atoms with E-state index in [0.717, 1.165) is 6.07 Å². The van der Waals surface area contributed by atoms with E-state index in [1.165, 1.54) is 36.4 Å². The van der Waals surface area contributed by atoms with Gasteiger partial charge in [-0.05, 0) is 24.3 Å². The zero-order valence-corrected chi connectivity index (χ0v) is 12.2. The van der Waals surface area contributed by atoms with Crippen molar-refractivity contribution in [3.8, 4) is 5.75 Å². The van der Waals surface area contributed by atoms with Crippen LogP contribution in [0, 0.1) is 15.9 Å². The van der Waals surface area contributed by atoms with Crippen LogP contribution in [-0.2, 0) is 0 Å². The number of ketones is 1. The summed E-state index contributed by atoms with van der Waals surface area (Å²) in [6, 6.07) is 9.15. The van der Waals surface area contributed by atoms with Crippen molar-refractivity contribution < 1.29 is 18.8 Å². The lowest BCUT2D eigenvalue weighted by molar-refractivity contribution is -0.384. The molecule has 0 bridgehead atoms. The molecular formula is C14H9BrFNO4. The Morgan fingerprint density at radius 2 is 1.90 bits per heavy atom. The molecule has 0 fully saturated rings. The number of Topliss-reactive ketones (excluding diaryl/α,β-unsaturated/α-hetero) is 1. The lowest BCUT2D eigenvalue weighted by Crippen LogP contribution is -2.11. The third-order valence-corrected chi connectivity index (χ3v) is 3.06. The van der Waals surface area contributed by atoms with Crippen molar-refractivity contribution in [3.63, 3.8) is 0 Å². The Hall–Kier alpha value is -2.28. The van der Waals surface area contributed by atoms with Gasteiger partial charge in [-0.15, -0.1) is 0 Å². The molecule has 0 saturated heterocycles. The Labute approximate surface area is 127 Å². The van der Waals surface area contributed by atoms with E-state index in [1.54, 1.807) is 0 Å². The maximum Gasteiger partial charge on any atom is 0.269 e. The summed E-state index contributed by atoms with van der Waals surface area (Å²) >= 11 is 3.12. The monoisotopic (exact) mass is 353 g/mol. The standard InChI is InChI=1S/C14H9BrFNO4/c15-10-5-11(16)7-13(6-10)21-8-14(18)9-1-3-12(4-2-9)17(19)20/h1-7H,8H2. The minimum absolute atomic E-state index is 0.0958. The summed E-state index contributed by atoms with van der Waals surface area (Å²) in [6.07, 6.45) is 0. The van der Waals surface area contributed by atoms with E-state index in [-0.39, 0.29) is 29.4 Å². The molecule has 0 N–H and O–H groups in total. The average molecular weight is 354 g/mol. The fraction of sp³-hybridized carbons (Fsp3) is 0.0714. The fourth-order valence-electron chi connectivity index (χ4n) is 1.61. The minimum atomic E-state index is -0.547. The van der Waals surface area contributed by atoms with Gasteiger partial charge in [0.25, 0.3) is 5.69 Å². The number of non-ortho nitro benzene ring substituents is 1. The summed E-state index contributed by atoms with van der Waals surface area (Å²) in [5, 5.41) is 10.5. The zero-order valence-electron chi connectivity index (χ0n) is 10.6. The van der Waals surface area contributed by atoms with Gasteiger partial charge in [0, 0.05) is 28.2 Å². The van der Waals surface area contributed by atoms with E-state index in [2.05, 4.69) is 15.9 Å². The third kappa shape index (κ3) is 4.09. The highest BCUT2D eigenvalue weighted by molar-refractivity contribution is 9.10. The summed E-state index contributed by atoms with van der Waals surface area (Å²) in [5.74, 6) is -0.621. The number of hydrogen-bond acceptors (Lipinski definition) is 4. The van der Waals surface area contributed by atoms with E-state index < -0.39 is 10.7 Å². The Morgan fingerprint density at radius 1 is 1.24 bits per heavy atom. The summed E-state index contributed by atoms with van der Waals surface area (Å²) in [4.78, 5) is 21.8. The van der Waals surface area contributed by atoms with Crippen LogP contribution in [0.15, 0.2) is 46.9 Å². The maximum atomic E-state index is 13.1. The molecular weight excluding hydrogens is 345 g/mol. The van der Waals surface area contributed by atoms with E-state index in [0.29, 0.717) is 4.47 Å². The lowest BCUT2D eigenvalue weighted by atomic mass is 10.1. The Balaban J connectivity index is 2.02. The summed E-state index contributed by atoms with van der Waals surface area (Å²) < 4.78 is 18.8. The van der Waals surface area contributed by atoms with Crippen LogP contribution in [0.3, 0.4) is 0 Å². The molecule has 7 heteroatoms. The van der Waals surface area contributed by atoms with Crippen molar-refractivity contribution in [3.05, 3.63) is 68.4 Å². The minimum Gasteiger partial charge on any atom is -0.485 e. The van der Waals surface area contributed by atoms with Gasteiger partial charge in [-0.2, -0.15) is 0 Å². The molecule has 0 aliphatic carbocycles. The predicted octanol–water partition coefficient (Wildman–Crippen LogP) is 3.76. The van der Waals surface area contributed by atoms with Crippen LogP contribution >= 0.6 is 15.9 Å². The van der Waals surface area contributed by atoms with Gasteiger partial charge in [-0.1, -0.05) is 15.9 Å². The second kappa shape index (κ2) is 6.45. The first-order chi connectivity index (χ1) is 9.95. The smallest absolute Gasteiger partial charge is 0.269 e. The van der Waals surface area contributed by atoms with E-state index in [4.69, 9.17) is 4.74 Å². The van der Waals surface area contributed by atoms with Crippen molar-refractivity contribution in [2.45, 2.75) is 0 Å². The van der Waals surface area contributed by atoms with E-state index >= 15 is 0 Å². The average Bonchev–Trinajstić information content (AvgIpc) is 2.44. The van der Waals surface area contributed by atoms with Crippen LogP contribution < -0.4 is 4.74 Å². The predicted molar refractivity (Wildman–Crippen MR) is 77.0 cm³/mol. The quantitative estimate of drug-likeness (QED) is 0.466. The molecule has 0 amide bonds. The SMILES string of the molecule is O=C(COc1cc(F)cc(Br)c1)c1ccc([N+](=O)[O-])cc1. The largest absolute Gasteiger partial charge is 0.485 e. The first kappa shape index (κ1) is 15.1. The molecule has 2 rings (SSSR count). The molecule has 0 radical (unpaired) electrons. The van der Waals surface area contributed by atoms with E-state index in [9.17, 15) is 19.3 Å². The topological polar surface area (TPSA) is 69.4 Å². The van der Waals surface area contributed by atoms with Crippen molar-refractivity contribution in [1.29, 1.82) is 0 Å². The van der Waals surface area contributed by atoms with Crippen molar-refractivity contribution in [2.24, 2.45) is 0 Å². The number of ether oxygens (including phenoxy) is 1. The number of nitro groups is 1. The molecule has 0 saturated carbocycles. The highest BCUT2D eigenvalue weighted by Gasteiger charge is 2.10. The Kier molecular flexibility index (Phi) is 4.64. The van der Waals surface area contributed by atoms with Crippen LogP contribution in [0.5, 0.6) is 5.75 Å². The third-order valence-electron chi connectivity index (χ3n) is 2.61. The van der Waals surface area contributed by atoms with Crippen LogP contribution in [0.1, 0.15) is 10.4 Å². The van der Waals surface area contributed by atoms with Gasteiger partial charge < -0.3 is 4.74 Å². The van der Waals surface area contributed by atoms with Crippen LogP contribution in [0.4, 0.5) is 10.1 Å². The van der Waals surface area contributed by atoms with Crippen molar-refractivity contribution in [2.75, 3.05) is 6.61 Å². The zero-order chi connectivity index (χ0) is 15.4. The number of nitro benzene ring substituents is 1. The summed E-state index contributed by atoms with van der Waals surface area (Å²) in [5.41, 5.74) is 0.192. The van der Waals surface area contributed by atoms with Crippen LogP contribution in [-0.4, -0.2) is 17.3 Å². The Bertz CT molecular complexity index is 668. The molecule has 0 aliphatic rings. The number of nitrogens with zero attached hydrogens (tertiary/aromatic N) is 1. The number of halogens is 2. The second-order valence-corrected chi connectivity index (χ2v) is 5.04. The van der Waals surface area contributed by atoms with Crippen molar-refractivity contribution in [1.82, 2.24) is 0 Å². The van der Waals surface area contributed by atoms with Gasteiger partial charge in [0.05, 0.1) is 4.92 Å². The molecule has 21 heavy (non-hydrogen) atoms. The van der Waals surface area contributed by atoms with Gasteiger partial charge in [-0.3, -0.25) is 14.9 Å². The first-order valence-corrected chi connectivity index (χ1v) is 6.61. The second-order valence-electron chi connectivity index (χ2n) is 4.12. The molecule has 0 atom stereocenters. The highest BCUT2D eigenvalue weighted by Crippen LogP contribution is 2.21. The molecule has 2 aromatic rings. The molecule has 0 aliphatic heterocycles. The molecule has 0 unspecified atom stereocenters. The fourth-order valence-corrected chi connectivity index (χ4v) is 2.06. The Morgan fingerprint density at radius 3 is 2.48 bits per heavy atom. The van der Waals surface area contributed by atoms with Crippen molar-refractivity contribution >= 4 is 27.4 Å². The van der Waals surface area contributed by atoms with Gasteiger partial charge in [0.2, 0.25) is 0 Å². The summed E-state index contributed by atoms with van der Waals surface area (Å²) in [7, 11) is 0. The summed E-state index contributed by atoms with van der Waals surface area (Å²) in [6.45, 7) is -0.284. The highest BCUT2D eigenvalue weighted by atomic mass is 79.9. The van der Waals surface area contributed by atoms with Gasteiger partial charge >= 0.3 is 0 Å². The normalized spacial score (nSPS) is 10.2.